The molecule has 1 aliphatic carbocycles. The van der Waals surface area contributed by atoms with Gasteiger partial charge in [0.1, 0.15) is 5.75 Å². The molecule has 2 aromatic rings. The van der Waals surface area contributed by atoms with E-state index in [-0.39, 0.29) is 5.91 Å². The number of nitrogens with zero attached hydrogens (tertiary/aromatic N) is 2. The standard InChI is InChI=1S/C16H15N3O2S/c1-10(21-13-6-2-11(8-17)3-7-13)15(20)19-16-18-14(9-22-16)12-4-5-12/h2-3,6-7,9-10,12H,4-5H2,1H3,(H,18,19,20)/t10-/m0/s1. The monoisotopic (exact) mass is 313 g/mol. The fourth-order valence-electron chi connectivity index (χ4n) is 1.98. The fourth-order valence-corrected chi connectivity index (χ4v) is 2.78. The lowest BCUT2D eigenvalue weighted by Crippen LogP contribution is -2.30. The molecule has 22 heavy (non-hydrogen) atoms. The molecule has 5 nitrogen and oxygen atoms in total. The molecule has 1 fully saturated rings. The highest BCUT2D eigenvalue weighted by molar-refractivity contribution is 7.13. The van der Waals surface area contributed by atoms with E-state index < -0.39 is 6.10 Å². The van der Waals surface area contributed by atoms with Gasteiger partial charge in [-0.05, 0) is 44.0 Å². The molecule has 1 heterocycles. The number of nitrogens with one attached hydrogen (secondary N) is 1. The molecule has 1 saturated carbocycles. The molecular weight excluding hydrogens is 298 g/mol. The lowest BCUT2D eigenvalue weighted by atomic mass is 10.2. The van der Waals surface area contributed by atoms with Crippen molar-refractivity contribution in [2.45, 2.75) is 31.8 Å². The minimum Gasteiger partial charge on any atom is -0.481 e. The Balaban J connectivity index is 1.57. The first-order valence-corrected chi connectivity index (χ1v) is 7.97. The minimum atomic E-state index is -0.638. The SMILES string of the molecule is C[C@H](Oc1ccc(C#N)cc1)C(=O)Nc1nc(C2CC2)cs1. The second kappa shape index (κ2) is 6.16. The lowest BCUT2D eigenvalue weighted by molar-refractivity contribution is -0.122. The van der Waals surface area contributed by atoms with E-state index in [2.05, 4.69) is 10.3 Å². The van der Waals surface area contributed by atoms with Crippen molar-refractivity contribution in [2.75, 3.05) is 5.32 Å². The van der Waals surface area contributed by atoms with Crippen LogP contribution in [0.2, 0.25) is 0 Å². The molecular formula is C16H15N3O2S. The lowest BCUT2D eigenvalue weighted by Gasteiger charge is -2.13. The summed E-state index contributed by atoms with van der Waals surface area (Å²) in [6, 6.07) is 8.70. The molecule has 1 atom stereocenters. The number of hydrogen-bond donors (Lipinski definition) is 1. The minimum absolute atomic E-state index is 0.235. The van der Waals surface area contributed by atoms with Crippen molar-refractivity contribution in [1.29, 1.82) is 5.26 Å². The van der Waals surface area contributed by atoms with Gasteiger partial charge in [-0.1, -0.05) is 0 Å². The number of hydrogen-bond acceptors (Lipinski definition) is 5. The van der Waals surface area contributed by atoms with Crippen LogP contribution in [0.5, 0.6) is 5.75 Å². The summed E-state index contributed by atoms with van der Waals surface area (Å²) in [7, 11) is 0. The highest BCUT2D eigenvalue weighted by atomic mass is 32.1. The van der Waals surface area contributed by atoms with E-state index in [1.54, 1.807) is 31.2 Å². The summed E-state index contributed by atoms with van der Waals surface area (Å²) in [5.74, 6) is 0.898. The first-order chi connectivity index (χ1) is 10.7. The van der Waals surface area contributed by atoms with Crippen molar-refractivity contribution in [3.05, 3.63) is 40.9 Å². The van der Waals surface area contributed by atoms with Crippen LogP contribution in [0.3, 0.4) is 0 Å². The third kappa shape index (κ3) is 3.43. The third-order valence-corrected chi connectivity index (χ3v) is 4.19. The number of carbonyl (C=O) groups excluding carboxylic acids is 1. The first kappa shape index (κ1) is 14.5. The summed E-state index contributed by atoms with van der Waals surface area (Å²) < 4.78 is 5.57. The van der Waals surface area contributed by atoms with E-state index in [4.69, 9.17) is 10.00 Å². The summed E-state index contributed by atoms with van der Waals surface area (Å²) in [6.07, 6.45) is 1.74. The number of amides is 1. The van der Waals surface area contributed by atoms with Crippen molar-refractivity contribution in [3.8, 4) is 11.8 Å². The average molecular weight is 313 g/mol. The van der Waals surface area contributed by atoms with Crippen LogP contribution in [-0.2, 0) is 4.79 Å². The van der Waals surface area contributed by atoms with Crippen molar-refractivity contribution in [3.63, 3.8) is 0 Å². The summed E-state index contributed by atoms with van der Waals surface area (Å²) in [6.45, 7) is 1.68. The second-order valence-corrected chi connectivity index (χ2v) is 6.10. The fraction of sp³-hybridized carbons (Fsp3) is 0.312. The van der Waals surface area contributed by atoms with Crippen molar-refractivity contribution >= 4 is 22.4 Å². The van der Waals surface area contributed by atoms with Gasteiger partial charge in [0.05, 0.1) is 17.3 Å². The average Bonchev–Trinajstić information content (AvgIpc) is 3.28. The van der Waals surface area contributed by atoms with Gasteiger partial charge in [-0.2, -0.15) is 5.26 Å². The van der Waals surface area contributed by atoms with Crippen molar-refractivity contribution < 1.29 is 9.53 Å². The molecule has 112 valence electrons. The maximum atomic E-state index is 12.1. The van der Waals surface area contributed by atoms with E-state index in [1.165, 1.54) is 24.2 Å². The molecule has 6 heteroatoms. The molecule has 0 unspecified atom stereocenters. The van der Waals surface area contributed by atoms with E-state index in [0.717, 1.165) is 5.69 Å². The van der Waals surface area contributed by atoms with E-state index >= 15 is 0 Å². The Kier molecular flexibility index (Phi) is 4.07. The van der Waals surface area contributed by atoms with Gasteiger partial charge in [0.25, 0.3) is 5.91 Å². The van der Waals surface area contributed by atoms with Crippen LogP contribution < -0.4 is 10.1 Å². The number of ether oxygens (including phenoxy) is 1. The summed E-state index contributed by atoms with van der Waals surface area (Å²) in [5.41, 5.74) is 1.63. The van der Waals surface area contributed by atoms with Crippen molar-refractivity contribution in [2.24, 2.45) is 0 Å². The van der Waals surface area contributed by atoms with Crippen LogP contribution in [0.4, 0.5) is 5.13 Å². The van der Waals surface area contributed by atoms with Crippen LogP contribution in [0, 0.1) is 11.3 Å². The van der Waals surface area contributed by atoms with Gasteiger partial charge >= 0.3 is 0 Å². The molecule has 3 rings (SSSR count). The van der Waals surface area contributed by atoms with Crippen LogP contribution in [0.25, 0.3) is 0 Å². The summed E-state index contributed by atoms with van der Waals surface area (Å²) in [4.78, 5) is 16.5. The van der Waals surface area contributed by atoms with E-state index in [1.807, 2.05) is 11.4 Å². The smallest absolute Gasteiger partial charge is 0.266 e. The second-order valence-electron chi connectivity index (χ2n) is 5.24. The zero-order valence-electron chi connectivity index (χ0n) is 12.1. The molecule has 1 aromatic heterocycles. The quantitative estimate of drug-likeness (QED) is 0.919. The zero-order chi connectivity index (χ0) is 15.5. The molecule has 1 aliphatic rings. The zero-order valence-corrected chi connectivity index (χ0v) is 12.9. The Morgan fingerprint density at radius 1 is 1.45 bits per heavy atom. The highest BCUT2D eigenvalue weighted by Crippen LogP contribution is 2.40. The molecule has 1 amide bonds. The molecule has 0 bridgehead atoms. The summed E-state index contributed by atoms with van der Waals surface area (Å²) >= 11 is 1.44. The van der Waals surface area contributed by atoms with Crippen LogP contribution >= 0.6 is 11.3 Å². The van der Waals surface area contributed by atoms with Crippen molar-refractivity contribution in [1.82, 2.24) is 4.98 Å². The Labute approximate surface area is 132 Å². The Hall–Kier alpha value is -2.39. The maximum Gasteiger partial charge on any atom is 0.266 e. The molecule has 1 N–H and O–H groups in total. The number of nitriles is 1. The van der Waals surface area contributed by atoms with Gasteiger partial charge in [0.15, 0.2) is 11.2 Å². The molecule has 0 saturated heterocycles. The third-order valence-electron chi connectivity index (χ3n) is 3.41. The van der Waals surface area contributed by atoms with Gasteiger partial charge in [-0.15, -0.1) is 11.3 Å². The number of carbonyl (C=O) groups is 1. The van der Waals surface area contributed by atoms with E-state index in [9.17, 15) is 4.79 Å². The Morgan fingerprint density at radius 2 is 2.18 bits per heavy atom. The van der Waals surface area contributed by atoms with Gasteiger partial charge < -0.3 is 4.74 Å². The Morgan fingerprint density at radius 3 is 2.82 bits per heavy atom. The van der Waals surface area contributed by atoms with Crippen LogP contribution in [0.1, 0.15) is 36.9 Å². The van der Waals surface area contributed by atoms with Crippen LogP contribution in [0.15, 0.2) is 29.6 Å². The normalized spacial score (nSPS) is 14.9. The number of thiazole rings is 1. The largest absolute Gasteiger partial charge is 0.481 e. The maximum absolute atomic E-state index is 12.1. The summed E-state index contributed by atoms with van der Waals surface area (Å²) in [5, 5.41) is 14.1. The van der Waals surface area contributed by atoms with Gasteiger partial charge in [-0.3, -0.25) is 10.1 Å². The van der Waals surface area contributed by atoms with Crippen LogP contribution in [-0.4, -0.2) is 17.0 Å². The van der Waals surface area contributed by atoms with Gasteiger partial charge in [0.2, 0.25) is 0 Å². The van der Waals surface area contributed by atoms with Gasteiger partial charge in [-0.25, -0.2) is 4.98 Å². The predicted octanol–water partition coefficient (Wildman–Crippen LogP) is 3.30. The number of aromatic nitrogens is 1. The molecule has 0 spiro atoms. The molecule has 0 aliphatic heterocycles. The number of anilines is 1. The van der Waals surface area contributed by atoms with Gasteiger partial charge in [0, 0.05) is 11.3 Å². The molecule has 1 aromatic carbocycles. The molecule has 0 radical (unpaired) electrons. The predicted molar refractivity (Wildman–Crippen MR) is 84.0 cm³/mol. The Bertz CT molecular complexity index is 714. The van der Waals surface area contributed by atoms with E-state index in [0.29, 0.717) is 22.4 Å². The number of rotatable bonds is 5. The topological polar surface area (TPSA) is 75.0 Å². The highest BCUT2D eigenvalue weighted by Gasteiger charge is 2.26. The first-order valence-electron chi connectivity index (χ1n) is 7.09. The number of benzene rings is 1.